The number of aromatic nitrogens is 2. The van der Waals surface area contributed by atoms with E-state index in [4.69, 9.17) is 23.2 Å². The van der Waals surface area contributed by atoms with E-state index in [1.807, 2.05) is 24.3 Å². The van der Waals surface area contributed by atoms with Crippen LogP contribution in [0.4, 0.5) is 4.39 Å². The predicted octanol–water partition coefficient (Wildman–Crippen LogP) is 6.10. The molecule has 1 aliphatic rings. The van der Waals surface area contributed by atoms with Crippen LogP contribution < -0.4 is 0 Å². The number of hydrogen-bond donors (Lipinski definition) is 1. The van der Waals surface area contributed by atoms with Crippen molar-refractivity contribution in [1.29, 1.82) is 0 Å². The Morgan fingerprint density at radius 1 is 1.00 bits per heavy atom. The molecule has 4 aromatic rings. The van der Waals surface area contributed by atoms with Gasteiger partial charge in [-0.2, -0.15) is 0 Å². The molecule has 3 aromatic carbocycles. The van der Waals surface area contributed by atoms with Gasteiger partial charge in [-0.15, -0.1) is 0 Å². The van der Waals surface area contributed by atoms with Crippen LogP contribution in [0.1, 0.15) is 16.1 Å². The van der Waals surface area contributed by atoms with Gasteiger partial charge in [-0.3, -0.25) is 9.47 Å². The number of carboxylic acid groups (broad SMARTS) is 1. The van der Waals surface area contributed by atoms with E-state index in [1.54, 1.807) is 41.0 Å². The first-order valence-corrected chi connectivity index (χ1v) is 12.6. The minimum atomic E-state index is -1.22. The van der Waals surface area contributed by atoms with Crippen LogP contribution >= 0.6 is 23.2 Å². The van der Waals surface area contributed by atoms with E-state index >= 15 is 4.39 Å². The Morgan fingerprint density at radius 2 is 1.73 bits per heavy atom. The Kier molecular flexibility index (Phi) is 7.31. The van der Waals surface area contributed by atoms with E-state index in [-0.39, 0.29) is 22.1 Å². The average Bonchev–Trinajstić information content (AvgIpc) is 3.29. The molecule has 1 aromatic heterocycles. The second-order valence-electron chi connectivity index (χ2n) is 9.09. The molecule has 0 radical (unpaired) electrons. The molecule has 37 heavy (non-hydrogen) atoms. The van der Waals surface area contributed by atoms with Crippen molar-refractivity contribution in [3.05, 3.63) is 93.8 Å². The fraction of sp³-hybridized carbons (Fsp3) is 0.214. The fourth-order valence-electron chi connectivity index (χ4n) is 4.65. The highest BCUT2D eigenvalue weighted by Gasteiger charge is 2.29. The molecule has 0 amide bonds. The van der Waals surface area contributed by atoms with Crippen LogP contribution in [0.5, 0.6) is 0 Å². The van der Waals surface area contributed by atoms with Gasteiger partial charge in [-0.05, 0) is 36.9 Å². The number of aromatic carboxylic acids is 1. The number of rotatable bonds is 6. The zero-order chi connectivity index (χ0) is 26.1. The third-order valence-corrected chi connectivity index (χ3v) is 7.13. The summed E-state index contributed by atoms with van der Waals surface area (Å²) in [6, 6.07) is 19.2. The standard InChI is InChI=1S/C28H25Cl2FN4O2/c1-33-12-14-34(15-13-33)17-19-10-11-20(29)16-21(19)26-25(28(36)37)32-27(18-6-3-2-4-7-18)35(26)23-9-5-8-22(30)24(23)31/h2-11,16H,12-15,17H2,1H3,(H,36,37). The molecular weight excluding hydrogens is 514 g/mol. The second kappa shape index (κ2) is 10.6. The summed E-state index contributed by atoms with van der Waals surface area (Å²) >= 11 is 12.6. The van der Waals surface area contributed by atoms with Gasteiger partial charge in [0.05, 0.1) is 16.4 Å². The molecule has 0 saturated carbocycles. The summed E-state index contributed by atoms with van der Waals surface area (Å²) in [4.78, 5) is 21.7. The molecule has 190 valence electrons. The summed E-state index contributed by atoms with van der Waals surface area (Å²) in [6.07, 6.45) is 0. The molecule has 0 aliphatic carbocycles. The molecule has 6 nitrogen and oxygen atoms in total. The topological polar surface area (TPSA) is 61.6 Å². The highest BCUT2D eigenvalue weighted by atomic mass is 35.5. The van der Waals surface area contributed by atoms with Crippen molar-refractivity contribution < 1.29 is 14.3 Å². The number of likely N-dealkylation sites (N-methyl/N-ethyl adjacent to an activating group) is 1. The Hall–Kier alpha value is -3.23. The van der Waals surface area contributed by atoms with Gasteiger partial charge < -0.3 is 10.0 Å². The molecule has 2 heterocycles. The van der Waals surface area contributed by atoms with Gasteiger partial charge in [0.25, 0.3) is 0 Å². The third kappa shape index (κ3) is 5.13. The SMILES string of the molecule is CN1CCN(Cc2ccc(Cl)cc2-c2c(C(=O)O)nc(-c3ccccc3)n2-c2cccc(Cl)c2F)CC1. The highest BCUT2D eigenvalue weighted by Crippen LogP contribution is 2.38. The molecule has 0 spiro atoms. The van der Waals surface area contributed by atoms with Gasteiger partial charge in [0.15, 0.2) is 11.5 Å². The maximum atomic E-state index is 15.5. The summed E-state index contributed by atoms with van der Waals surface area (Å²) in [5.74, 6) is -1.60. The van der Waals surface area contributed by atoms with E-state index in [2.05, 4.69) is 21.8 Å². The van der Waals surface area contributed by atoms with Crippen LogP contribution in [-0.2, 0) is 6.54 Å². The summed E-state index contributed by atoms with van der Waals surface area (Å²) in [5.41, 5.74) is 2.25. The highest BCUT2D eigenvalue weighted by molar-refractivity contribution is 6.31. The van der Waals surface area contributed by atoms with Crippen LogP contribution in [0.25, 0.3) is 28.3 Å². The van der Waals surface area contributed by atoms with E-state index < -0.39 is 11.8 Å². The zero-order valence-electron chi connectivity index (χ0n) is 20.2. The van der Waals surface area contributed by atoms with E-state index in [9.17, 15) is 9.90 Å². The summed E-state index contributed by atoms with van der Waals surface area (Å²) < 4.78 is 17.1. The van der Waals surface area contributed by atoms with E-state index in [0.717, 1.165) is 31.7 Å². The zero-order valence-corrected chi connectivity index (χ0v) is 21.7. The molecule has 0 unspecified atom stereocenters. The van der Waals surface area contributed by atoms with Gasteiger partial charge in [0.1, 0.15) is 5.82 Å². The Balaban J connectivity index is 1.78. The number of carboxylic acids is 1. The lowest BCUT2D eigenvalue weighted by atomic mass is 10.0. The first kappa shape index (κ1) is 25.4. The second-order valence-corrected chi connectivity index (χ2v) is 9.94. The van der Waals surface area contributed by atoms with Crippen molar-refractivity contribution in [1.82, 2.24) is 19.4 Å². The van der Waals surface area contributed by atoms with Crippen molar-refractivity contribution in [3.63, 3.8) is 0 Å². The lowest BCUT2D eigenvalue weighted by Crippen LogP contribution is -2.43. The number of benzene rings is 3. The number of halogens is 3. The van der Waals surface area contributed by atoms with Crippen LogP contribution in [0.15, 0.2) is 66.7 Å². The van der Waals surface area contributed by atoms with Crippen molar-refractivity contribution in [2.45, 2.75) is 6.54 Å². The number of imidazole rings is 1. The Labute approximate surface area is 224 Å². The molecule has 1 saturated heterocycles. The Morgan fingerprint density at radius 3 is 2.43 bits per heavy atom. The number of piperazine rings is 1. The summed E-state index contributed by atoms with van der Waals surface area (Å²) in [7, 11) is 2.09. The normalized spacial score (nSPS) is 14.7. The van der Waals surface area contributed by atoms with Crippen LogP contribution in [0.2, 0.25) is 10.0 Å². The van der Waals surface area contributed by atoms with Gasteiger partial charge in [-0.1, -0.05) is 65.7 Å². The summed E-state index contributed by atoms with van der Waals surface area (Å²) in [6.45, 7) is 4.22. The molecule has 0 atom stereocenters. The van der Waals surface area contributed by atoms with E-state index in [1.165, 1.54) is 6.07 Å². The third-order valence-electron chi connectivity index (χ3n) is 6.60. The smallest absolute Gasteiger partial charge is 0.356 e. The predicted molar refractivity (Wildman–Crippen MR) is 144 cm³/mol. The molecule has 1 N–H and O–H groups in total. The van der Waals surface area contributed by atoms with Crippen LogP contribution in [0.3, 0.4) is 0 Å². The van der Waals surface area contributed by atoms with Crippen LogP contribution in [0, 0.1) is 5.82 Å². The van der Waals surface area contributed by atoms with Crippen molar-refractivity contribution in [2.75, 3.05) is 33.2 Å². The first-order chi connectivity index (χ1) is 17.8. The van der Waals surface area contributed by atoms with Crippen LogP contribution in [-0.4, -0.2) is 63.7 Å². The lowest BCUT2D eigenvalue weighted by molar-refractivity contribution is 0.0692. The maximum absolute atomic E-state index is 15.5. The largest absolute Gasteiger partial charge is 0.476 e. The molecular formula is C28H25Cl2FN4O2. The monoisotopic (exact) mass is 538 g/mol. The van der Waals surface area contributed by atoms with E-state index in [0.29, 0.717) is 28.5 Å². The average molecular weight is 539 g/mol. The van der Waals surface area contributed by atoms with Crippen molar-refractivity contribution >= 4 is 29.2 Å². The van der Waals surface area contributed by atoms with Crippen molar-refractivity contribution in [2.24, 2.45) is 0 Å². The van der Waals surface area contributed by atoms with Gasteiger partial charge in [-0.25, -0.2) is 14.2 Å². The Bertz CT molecular complexity index is 1450. The lowest BCUT2D eigenvalue weighted by Gasteiger charge is -2.32. The van der Waals surface area contributed by atoms with Gasteiger partial charge >= 0.3 is 5.97 Å². The quantitative estimate of drug-likeness (QED) is 0.321. The maximum Gasteiger partial charge on any atom is 0.356 e. The molecule has 9 heteroatoms. The fourth-order valence-corrected chi connectivity index (χ4v) is 4.99. The van der Waals surface area contributed by atoms with Gasteiger partial charge in [0, 0.05) is 48.9 Å². The number of hydrogen-bond acceptors (Lipinski definition) is 4. The van der Waals surface area contributed by atoms with Crippen molar-refractivity contribution in [3.8, 4) is 28.3 Å². The number of carbonyl (C=O) groups is 1. The molecule has 0 bridgehead atoms. The minimum Gasteiger partial charge on any atom is -0.476 e. The first-order valence-electron chi connectivity index (χ1n) is 11.9. The molecule has 1 fully saturated rings. The number of nitrogens with zero attached hydrogens (tertiary/aromatic N) is 4. The van der Waals surface area contributed by atoms with Gasteiger partial charge in [0.2, 0.25) is 0 Å². The summed E-state index contributed by atoms with van der Waals surface area (Å²) in [5, 5.41) is 10.6. The minimum absolute atomic E-state index is 0.0724. The molecule has 5 rings (SSSR count). The molecule has 1 aliphatic heterocycles.